The summed E-state index contributed by atoms with van der Waals surface area (Å²) in [6.45, 7) is 2.29. The third-order valence-corrected chi connectivity index (χ3v) is 4.52. The SMILES string of the molecule is CNC(C)CNS(=O)(=O)c1ccc2ccccc2c1.Cl. The Bertz CT molecular complexity index is 674. The van der Waals surface area contributed by atoms with Crippen molar-refractivity contribution in [2.45, 2.75) is 17.9 Å². The molecule has 110 valence electrons. The van der Waals surface area contributed by atoms with Crippen LogP contribution in [-0.2, 0) is 10.0 Å². The molecule has 0 spiro atoms. The highest BCUT2D eigenvalue weighted by atomic mass is 35.5. The fourth-order valence-corrected chi connectivity index (χ4v) is 2.92. The summed E-state index contributed by atoms with van der Waals surface area (Å²) in [5.74, 6) is 0. The maximum Gasteiger partial charge on any atom is 0.240 e. The fraction of sp³-hybridized carbons (Fsp3) is 0.286. The predicted octanol–water partition coefficient (Wildman–Crippen LogP) is 2.15. The predicted molar refractivity (Wildman–Crippen MR) is 84.9 cm³/mol. The number of likely N-dealkylation sites (N-methyl/N-ethyl adjacent to an activating group) is 1. The van der Waals surface area contributed by atoms with Crippen LogP contribution in [0.3, 0.4) is 0 Å². The lowest BCUT2D eigenvalue weighted by Crippen LogP contribution is -2.37. The van der Waals surface area contributed by atoms with Crippen molar-refractivity contribution < 1.29 is 8.42 Å². The quantitative estimate of drug-likeness (QED) is 0.889. The van der Waals surface area contributed by atoms with Crippen LogP contribution >= 0.6 is 12.4 Å². The highest BCUT2D eigenvalue weighted by Gasteiger charge is 2.14. The second kappa shape index (κ2) is 7.04. The van der Waals surface area contributed by atoms with Gasteiger partial charge in [0.25, 0.3) is 0 Å². The van der Waals surface area contributed by atoms with Crippen LogP contribution in [0, 0.1) is 0 Å². The van der Waals surface area contributed by atoms with Crippen molar-refractivity contribution in [3.8, 4) is 0 Å². The summed E-state index contributed by atoms with van der Waals surface area (Å²) in [5, 5.41) is 4.95. The molecule has 6 heteroatoms. The van der Waals surface area contributed by atoms with Crippen molar-refractivity contribution in [1.82, 2.24) is 10.0 Å². The first kappa shape index (κ1) is 16.9. The van der Waals surface area contributed by atoms with E-state index in [0.717, 1.165) is 10.8 Å². The molecule has 20 heavy (non-hydrogen) atoms. The molecule has 2 rings (SSSR count). The Morgan fingerprint density at radius 2 is 1.75 bits per heavy atom. The highest BCUT2D eigenvalue weighted by Crippen LogP contribution is 2.18. The Hall–Kier alpha value is -1.14. The lowest BCUT2D eigenvalue weighted by molar-refractivity contribution is 0.554. The van der Waals surface area contributed by atoms with Crippen LogP contribution in [0.2, 0.25) is 0 Å². The molecule has 4 nitrogen and oxygen atoms in total. The highest BCUT2D eigenvalue weighted by molar-refractivity contribution is 7.89. The van der Waals surface area contributed by atoms with E-state index in [1.165, 1.54) is 0 Å². The summed E-state index contributed by atoms with van der Waals surface area (Å²) in [5.41, 5.74) is 0. The Morgan fingerprint density at radius 1 is 1.10 bits per heavy atom. The van der Waals surface area contributed by atoms with Crippen molar-refractivity contribution in [3.63, 3.8) is 0 Å². The normalized spacial score (nSPS) is 12.9. The van der Waals surface area contributed by atoms with Gasteiger partial charge in [-0.25, -0.2) is 13.1 Å². The molecule has 0 saturated carbocycles. The summed E-state index contributed by atoms with van der Waals surface area (Å²) in [6.07, 6.45) is 0. The molecule has 0 amide bonds. The van der Waals surface area contributed by atoms with E-state index >= 15 is 0 Å². The van der Waals surface area contributed by atoms with E-state index in [4.69, 9.17) is 0 Å². The van der Waals surface area contributed by atoms with Gasteiger partial charge in [0.05, 0.1) is 4.90 Å². The molecule has 1 atom stereocenters. The molecule has 0 bridgehead atoms. The Kier molecular flexibility index (Phi) is 5.95. The van der Waals surface area contributed by atoms with E-state index in [9.17, 15) is 8.42 Å². The Labute approximate surface area is 126 Å². The third kappa shape index (κ3) is 3.93. The summed E-state index contributed by atoms with van der Waals surface area (Å²) < 4.78 is 26.9. The van der Waals surface area contributed by atoms with E-state index in [2.05, 4.69) is 10.0 Å². The van der Waals surface area contributed by atoms with Gasteiger partial charge in [-0.15, -0.1) is 12.4 Å². The number of sulfonamides is 1. The second-order valence-corrected chi connectivity index (χ2v) is 6.32. The lowest BCUT2D eigenvalue weighted by Gasteiger charge is -2.12. The Morgan fingerprint density at radius 3 is 2.40 bits per heavy atom. The molecule has 2 aromatic carbocycles. The van der Waals surface area contributed by atoms with Crippen LogP contribution in [0.4, 0.5) is 0 Å². The summed E-state index contributed by atoms with van der Waals surface area (Å²) in [6, 6.07) is 12.9. The number of nitrogens with one attached hydrogen (secondary N) is 2. The summed E-state index contributed by atoms with van der Waals surface area (Å²) >= 11 is 0. The first-order valence-corrected chi connectivity index (χ1v) is 7.67. The monoisotopic (exact) mass is 314 g/mol. The van der Waals surface area contributed by atoms with Crippen LogP contribution < -0.4 is 10.0 Å². The van der Waals surface area contributed by atoms with Gasteiger partial charge in [0.1, 0.15) is 0 Å². The molecule has 1 unspecified atom stereocenters. The third-order valence-electron chi connectivity index (χ3n) is 3.10. The number of fused-ring (bicyclic) bond motifs is 1. The lowest BCUT2D eigenvalue weighted by atomic mass is 10.1. The van der Waals surface area contributed by atoms with Gasteiger partial charge in [0.2, 0.25) is 10.0 Å². The van der Waals surface area contributed by atoms with Crippen LogP contribution in [0.15, 0.2) is 47.4 Å². The molecule has 0 aliphatic carbocycles. The zero-order valence-corrected chi connectivity index (χ0v) is 13.1. The van der Waals surface area contributed by atoms with Crippen molar-refractivity contribution in [3.05, 3.63) is 42.5 Å². The smallest absolute Gasteiger partial charge is 0.240 e. The van der Waals surface area contributed by atoms with Gasteiger partial charge in [0.15, 0.2) is 0 Å². The number of hydrogen-bond acceptors (Lipinski definition) is 3. The molecule has 0 aromatic heterocycles. The molecular weight excluding hydrogens is 296 g/mol. The van der Waals surface area contributed by atoms with Gasteiger partial charge in [-0.1, -0.05) is 30.3 Å². The molecule has 0 radical (unpaired) electrons. The van der Waals surface area contributed by atoms with Gasteiger partial charge < -0.3 is 5.32 Å². The molecule has 2 aromatic rings. The molecule has 0 heterocycles. The van der Waals surface area contributed by atoms with Crippen molar-refractivity contribution in [2.75, 3.05) is 13.6 Å². The van der Waals surface area contributed by atoms with E-state index in [-0.39, 0.29) is 18.4 Å². The standard InChI is InChI=1S/C14H18N2O2S.ClH/c1-11(15-2)10-16-19(17,18)14-8-7-12-5-3-4-6-13(12)9-14;/h3-9,11,15-16H,10H2,1-2H3;1H. The van der Waals surface area contributed by atoms with E-state index in [0.29, 0.717) is 11.4 Å². The van der Waals surface area contributed by atoms with Crippen LogP contribution in [0.5, 0.6) is 0 Å². The summed E-state index contributed by atoms with van der Waals surface area (Å²) in [4.78, 5) is 0.300. The van der Waals surface area contributed by atoms with Crippen molar-refractivity contribution in [2.24, 2.45) is 0 Å². The minimum atomic E-state index is -3.45. The zero-order chi connectivity index (χ0) is 13.9. The molecule has 0 fully saturated rings. The van der Waals surface area contributed by atoms with Gasteiger partial charge in [-0.3, -0.25) is 0 Å². The number of halogens is 1. The first-order valence-electron chi connectivity index (χ1n) is 6.18. The van der Waals surface area contributed by atoms with Crippen molar-refractivity contribution in [1.29, 1.82) is 0 Å². The van der Waals surface area contributed by atoms with E-state index < -0.39 is 10.0 Å². The molecule has 2 N–H and O–H groups in total. The van der Waals surface area contributed by atoms with Crippen LogP contribution in [0.1, 0.15) is 6.92 Å². The molecule has 0 aliphatic heterocycles. The average molecular weight is 315 g/mol. The van der Waals surface area contributed by atoms with Crippen molar-refractivity contribution >= 4 is 33.2 Å². The first-order chi connectivity index (χ1) is 9.03. The topological polar surface area (TPSA) is 58.2 Å². The van der Waals surface area contributed by atoms with Gasteiger partial charge in [-0.2, -0.15) is 0 Å². The fourth-order valence-electron chi connectivity index (χ4n) is 1.75. The number of benzene rings is 2. The van der Waals surface area contributed by atoms with E-state index in [1.807, 2.05) is 37.3 Å². The van der Waals surface area contributed by atoms with Crippen LogP contribution in [-0.4, -0.2) is 28.1 Å². The van der Waals surface area contributed by atoms with Gasteiger partial charge in [-0.05, 0) is 36.9 Å². The second-order valence-electron chi connectivity index (χ2n) is 4.55. The number of hydrogen-bond donors (Lipinski definition) is 2. The van der Waals surface area contributed by atoms with Crippen LogP contribution in [0.25, 0.3) is 10.8 Å². The van der Waals surface area contributed by atoms with E-state index in [1.54, 1.807) is 19.2 Å². The minimum Gasteiger partial charge on any atom is -0.316 e. The van der Waals surface area contributed by atoms with Gasteiger partial charge >= 0.3 is 0 Å². The largest absolute Gasteiger partial charge is 0.316 e. The molecule has 0 aliphatic rings. The molecule has 0 saturated heterocycles. The molecular formula is C14H19ClN2O2S. The Balaban J connectivity index is 0.00000200. The van der Waals surface area contributed by atoms with Gasteiger partial charge in [0, 0.05) is 12.6 Å². The zero-order valence-electron chi connectivity index (χ0n) is 11.5. The minimum absolute atomic E-state index is 0. The maximum atomic E-state index is 12.2. The number of rotatable bonds is 5. The maximum absolute atomic E-state index is 12.2. The summed E-state index contributed by atoms with van der Waals surface area (Å²) in [7, 11) is -1.65. The average Bonchev–Trinajstić information content (AvgIpc) is 2.44.